The second kappa shape index (κ2) is 55.1. The van der Waals surface area contributed by atoms with Gasteiger partial charge in [-0.1, -0.05) is 434 Å². The number of aromatic nitrogens is 5. The second-order valence-corrected chi connectivity index (χ2v) is 29.9. The Balaban J connectivity index is 0.000000199. The molecule has 700 valence electrons. The third kappa shape index (κ3) is 23.6. The first-order chi connectivity index (χ1) is 67.2. The van der Waals surface area contributed by atoms with Crippen LogP contribution in [0, 0.1) is 0 Å². The molecule has 0 amide bonds. The van der Waals surface area contributed by atoms with Gasteiger partial charge in [0.05, 0.1) is 67.7 Å². The van der Waals surface area contributed by atoms with Crippen LogP contribution in [0.25, 0.3) is 171 Å². The first-order valence-corrected chi connectivity index (χ1v) is 50.0. The highest BCUT2D eigenvalue weighted by Crippen LogP contribution is 2.43. The summed E-state index contributed by atoms with van der Waals surface area (Å²) in [5.74, 6) is 0.887. The van der Waals surface area contributed by atoms with Crippen LogP contribution in [0.15, 0.2) is 423 Å². The number of furan rings is 1. The van der Waals surface area contributed by atoms with Crippen LogP contribution in [0.1, 0.15) is 179 Å². The Morgan fingerprint density at radius 2 is 0.441 bits per heavy atom. The number of benzene rings is 17. The van der Waals surface area contributed by atoms with Crippen LogP contribution in [0.5, 0.6) is 5.75 Å². The van der Waals surface area contributed by atoms with Gasteiger partial charge in [0.25, 0.3) is 0 Å². The lowest BCUT2D eigenvalue weighted by Gasteiger charge is -2.19. The molecule has 23 aromatic rings. The van der Waals surface area contributed by atoms with Crippen LogP contribution >= 0.6 is 0 Å². The fraction of sp³-hybridized carbons (Fsp3) is 0.209. The fourth-order valence-corrected chi connectivity index (χ4v) is 16.7. The van der Waals surface area contributed by atoms with Gasteiger partial charge < -0.3 is 32.0 Å². The van der Waals surface area contributed by atoms with Crippen LogP contribution in [0.2, 0.25) is 0 Å². The molecule has 0 fully saturated rings. The van der Waals surface area contributed by atoms with E-state index in [1.165, 1.54) is 159 Å². The van der Waals surface area contributed by atoms with Crippen molar-refractivity contribution >= 4 is 131 Å². The topological polar surface area (TPSA) is 47.0 Å². The van der Waals surface area contributed by atoms with Crippen molar-refractivity contribution in [1.29, 1.82) is 0 Å². The summed E-state index contributed by atoms with van der Waals surface area (Å²) in [6, 6.07) is 147. The molecule has 0 N–H and O–H groups in total. The third-order valence-corrected chi connectivity index (χ3v) is 22.0. The van der Waals surface area contributed by atoms with E-state index in [-0.39, 0.29) is 5.41 Å². The Labute approximate surface area is 812 Å². The van der Waals surface area contributed by atoms with E-state index in [9.17, 15) is 0 Å². The summed E-state index contributed by atoms with van der Waals surface area (Å²) in [5.41, 5.74) is 24.2. The number of rotatable bonds is 7. The molecule has 6 aromatic heterocycles. The summed E-state index contributed by atoms with van der Waals surface area (Å²) in [6.45, 7) is 50.8. The molecule has 0 aliphatic rings. The van der Waals surface area contributed by atoms with Gasteiger partial charge >= 0.3 is 0 Å². The zero-order chi connectivity index (χ0) is 98.6. The van der Waals surface area contributed by atoms with Gasteiger partial charge in [0.15, 0.2) is 0 Å². The van der Waals surface area contributed by atoms with Gasteiger partial charge in [-0.05, 0) is 180 Å². The number of methoxy groups -OCH3 is 1. The smallest absolute Gasteiger partial charge is 0.145 e. The Kier molecular flexibility index (Phi) is 43.2. The monoisotopic (exact) mass is 1800 g/mol. The Morgan fingerprint density at radius 3 is 0.787 bits per heavy atom. The molecule has 0 atom stereocenters. The summed E-state index contributed by atoms with van der Waals surface area (Å²) in [7, 11) is 1.71. The zero-order valence-corrected chi connectivity index (χ0v) is 85.9. The molecule has 0 aliphatic carbocycles. The fourth-order valence-electron chi connectivity index (χ4n) is 16.7. The maximum Gasteiger partial charge on any atom is 0.145 e. The molecule has 6 heterocycles. The molecule has 0 spiro atoms. The van der Waals surface area contributed by atoms with Crippen LogP contribution in [0.3, 0.4) is 0 Å². The van der Waals surface area contributed by atoms with Gasteiger partial charge in [-0.15, -0.1) is 0 Å². The second-order valence-electron chi connectivity index (χ2n) is 29.9. The highest BCUT2D eigenvalue weighted by atomic mass is 16.5. The van der Waals surface area contributed by atoms with Crippen molar-refractivity contribution in [3.8, 4) is 45.3 Å². The lowest BCUT2D eigenvalue weighted by atomic mass is 9.86. The Hall–Kier alpha value is -14.7. The van der Waals surface area contributed by atoms with Gasteiger partial charge in [-0.2, -0.15) is 0 Å². The van der Waals surface area contributed by atoms with Crippen molar-refractivity contribution in [2.75, 3.05) is 7.11 Å². The summed E-state index contributed by atoms with van der Waals surface area (Å²) < 4.78 is 23.3. The minimum atomic E-state index is 0.157. The van der Waals surface area contributed by atoms with Crippen molar-refractivity contribution in [2.45, 2.75) is 179 Å². The van der Waals surface area contributed by atoms with E-state index >= 15 is 0 Å². The van der Waals surface area contributed by atoms with Gasteiger partial charge in [0, 0.05) is 87.7 Å². The maximum absolute atomic E-state index is 6.31. The number of hydrogen-bond acceptors (Lipinski definition) is 2. The van der Waals surface area contributed by atoms with E-state index in [1.54, 1.807) is 7.11 Å². The molecular formula is C129H147N5O2. The summed E-state index contributed by atoms with van der Waals surface area (Å²) in [5, 5.41) is 15.0. The molecule has 17 aromatic carbocycles. The first kappa shape index (κ1) is 107. The summed E-state index contributed by atoms with van der Waals surface area (Å²) in [6.07, 6.45) is 0. The molecule has 0 aliphatic heterocycles. The van der Waals surface area contributed by atoms with Crippen molar-refractivity contribution in [3.05, 3.63) is 424 Å². The van der Waals surface area contributed by atoms with E-state index in [4.69, 9.17) is 9.15 Å². The molecule has 136 heavy (non-hydrogen) atoms. The average molecular weight is 1800 g/mol. The van der Waals surface area contributed by atoms with Gasteiger partial charge in [0.2, 0.25) is 0 Å². The summed E-state index contributed by atoms with van der Waals surface area (Å²) >= 11 is 0. The minimum absolute atomic E-state index is 0.157. The quantitative estimate of drug-likeness (QED) is 0.160. The Morgan fingerprint density at radius 1 is 0.191 bits per heavy atom. The van der Waals surface area contributed by atoms with E-state index in [1.807, 2.05) is 177 Å². The predicted molar refractivity (Wildman–Crippen MR) is 607 cm³/mol. The lowest BCUT2D eigenvalue weighted by molar-refractivity contribution is 0.415. The van der Waals surface area contributed by atoms with E-state index in [0.717, 1.165) is 22.6 Å². The third-order valence-electron chi connectivity index (χ3n) is 22.0. The molecule has 0 radical (unpaired) electrons. The number of para-hydroxylation sites is 12. The van der Waals surface area contributed by atoms with Crippen LogP contribution in [-0.4, -0.2) is 29.9 Å². The number of hydrogen-bond donors (Lipinski definition) is 0. The van der Waals surface area contributed by atoms with Crippen molar-refractivity contribution in [1.82, 2.24) is 22.8 Å². The molecule has 0 saturated heterocycles. The minimum Gasteiger partial charge on any atom is -0.497 e. The molecular weight excluding hydrogens is 1650 g/mol. The molecule has 0 bridgehead atoms. The van der Waals surface area contributed by atoms with Crippen molar-refractivity contribution < 1.29 is 9.15 Å². The molecule has 0 unspecified atom stereocenters. The zero-order valence-electron chi connectivity index (χ0n) is 85.9. The number of ether oxygens (including phenoxy) is 1. The maximum atomic E-state index is 6.31. The van der Waals surface area contributed by atoms with Gasteiger partial charge in [0.1, 0.15) is 16.9 Å². The standard InChI is InChI=1S/C24H15NO.C24H17N.C22H21N.C19H15NO.C18H13N.11C2H6/c1-2-8-16(9-3-1)25-20-12-6-4-11-19(20)23-21(25)15-14-18-17-10-5-7-13-22(17)26-24(18)23;1-3-9-18(10-4-1)19-15-16-24-22(17-19)21-13-7-8-14-23(21)25(24)20-11-5-2-6-12-20;1-22(2,3)16-13-14-21-19(15-16)18-11-7-8-12-20(18)23(21)17-9-5-4-6-10-17;1-21-15-11-12-19-17(13-15)16-9-5-6-10-18(16)20(19)14-7-3-2-4-8-14;1-2-8-14(9-3-1)19-17-12-6-4-10-15(17)16-11-5-7-13-18(16)19;11*1-2/h1-15H;1-17H;4-15H,1-3H3;2-13H,1H3;1-13H;11*1-2H3. The SMILES string of the molecule is CC.CC.CC.CC.CC.CC.CC.CC.CC.CC.CC.CC(C)(C)c1ccc2c(c1)c1ccccc1n2-c1ccccc1.COc1ccc2c(c1)c1ccccc1n2-c1ccccc1.c1ccc(-c2ccc3c(c2)c2ccccc2n3-c2ccccc2)cc1.c1ccc(-n2c3ccccc3c3c4oc5ccccc5c4ccc32)cc1.c1ccc(-n2c3ccccc3c3ccccc32)cc1. The first-order valence-electron chi connectivity index (χ1n) is 50.0. The highest BCUT2D eigenvalue weighted by molar-refractivity contribution is 6.24. The number of fused-ring (bicyclic) bond motifs is 19. The van der Waals surface area contributed by atoms with Crippen LogP contribution in [0.4, 0.5) is 0 Å². The lowest BCUT2D eigenvalue weighted by Crippen LogP contribution is -2.10. The Bertz CT molecular complexity index is 7360. The molecule has 7 heteroatoms. The predicted octanol–water partition coefficient (Wildman–Crippen LogP) is 40.1. The number of nitrogens with zero attached hydrogens (tertiary/aromatic N) is 5. The summed E-state index contributed by atoms with van der Waals surface area (Å²) in [4.78, 5) is 0. The van der Waals surface area contributed by atoms with E-state index < -0.39 is 0 Å². The van der Waals surface area contributed by atoms with Gasteiger partial charge in [-0.25, -0.2) is 0 Å². The van der Waals surface area contributed by atoms with Gasteiger partial charge in [-0.3, -0.25) is 0 Å². The molecule has 0 saturated carbocycles. The van der Waals surface area contributed by atoms with E-state index in [2.05, 4.69) is 438 Å². The molecule has 23 rings (SSSR count). The van der Waals surface area contributed by atoms with Crippen LogP contribution in [-0.2, 0) is 5.41 Å². The molecule has 7 nitrogen and oxygen atoms in total. The normalized spacial score (nSPS) is 10.1. The van der Waals surface area contributed by atoms with Crippen LogP contribution < -0.4 is 4.74 Å². The average Bonchev–Trinajstić information content (AvgIpc) is 1.57. The largest absolute Gasteiger partial charge is 0.497 e. The highest BCUT2D eigenvalue weighted by Gasteiger charge is 2.22. The van der Waals surface area contributed by atoms with Crippen molar-refractivity contribution in [3.63, 3.8) is 0 Å². The van der Waals surface area contributed by atoms with E-state index in [0.29, 0.717) is 0 Å². The van der Waals surface area contributed by atoms with Crippen molar-refractivity contribution in [2.24, 2.45) is 0 Å².